The number of hydrogen-bond donors (Lipinski definition) is 0. The third kappa shape index (κ3) is 4.33. The number of aryl methyl sites for hydroxylation is 1. The van der Waals surface area contributed by atoms with Gasteiger partial charge in [0, 0.05) is 17.1 Å². The van der Waals surface area contributed by atoms with Crippen LogP contribution in [0, 0.1) is 6.92 Å². The molecule has 0 heterocycles. The lowest BCUT2D eigenvalue weighted by Gasteiger charge is -2.18. The Bertz CT molecular complexity index is 613. The van der Waals surface area contributed by atoms with Crippen molar-refractivity contribution in [2.24, 2.45) is 0 Å². The number of likely N-dealkylation sites (N-methyl/N-ethyl adjacent to an activating group) is 1. The topological polar surface area (TPSA) is 29.5 Å². The zero-order valence-corrected chi connectivity index (χ0v) is 13.8. The van der Waals surface area contributed by atoms with Crippen molar-refractivity contribution < 1.29 is 9.53 Å². The predicted octanol–water partition coefficient (Wildman–Crippen LogP) is 3.91. The molecule has 2 aromatic rings. The van der Waals surface area contributed by atoms with Gasteiger partial charge in [-0.25, -0.2) is 0 Å². The van der Waals surface area contributed by atoms with E-state index in [1.54, 1.807) is 11.9 Å². The lowest BCUT2D eigenvalue weighted by molar-refractivity contribution is 0.0773. The standard InChI is InChI=1S/C17H18BrNO2/c1-13-8-9-14(18)12-16(13)17(20)19(2)10-11-21-15-6-4-3-5-7-15/h3-9,12H,10-11H2,1-2H3. The first-order chi connectivity index (χ1) is 10.1. The molecule has 0 N–H and O–H groups in total. The monoisotopic (exact) mass is 347 g/mol. The average Bonchev–Trinajstić information content (AvgIpc) is 2.50. The van der Waals surface area contributed by atoms with Gasteiger partial charge in [0.1, 0.15) is 12.4 Å². The molecule has 3 nitrogen and oxygen atoms in total. The summed E-state index contributed by atoms with van der Waals surface area (Å²) >= 11 is 3.40. The Hall–Kier alpha value is -1.81. The van der Waals surface area contributed by atoms with E-state index in [1.807, 2.05) is 55.5 Å². The van der Waals surface area contributed by atoms with Gasteiger partial charge in [0.2, 0.25) is 0 Å². The summed E-state index contributed by atoms with van der Waals surface area (Å²) < 4.78 is 6.52. The predicted molar refractivity (Wildman–Crippen MR) is 87.8 cm³/mol. The van der Waals surface area contributed by atoms with Crippen molar-refractivity contribution in [2.45, 2.75) is 6.92 Å². The number of hydrogen-bond acceptors (Lipinski definition) is 2. The Morgan fingerprint density at radius 3 is 2.62 bits per heavy atom. The van der Waals surface area contributed by atoms with E-state index in [4.69, 9.17) is 4.74 Å². The van der Waals surface area contributed by atoms with Crippen LogP contribution in [0.25, 0.3) is 0 Å². The van der Waals surface area contributed by atoms with Gasteiger partial charge in [-0.05, 0) is 36.8 Å². The van der Waals surface area contributed by atoms with Crippen LogP contribution in [0.5, 0.6) is 5.75 Å². The first-order valence-electron chi connectivity index (χ1n) is 6.77. The van der Waals surface area contributed by atoms with E-state index in [0.717, 1.165) is 15.8 Å². The van der Waals surface area contributed by atoms with Gasteiger partial charge in [-0.2, -0.15) is 0 Å². The average molecular weight is 348 g/mol. The summed E-state index contributed by atoms with van der Waals surface area (Å²) in [7, 11) is 1.79. The van der Waals surface area contributed by atoms with Crippen molar-refractivity contribution in [2.75, 3.05) is 20.2 Å². The second-order valence-corrected chi connectivity index (χ2v) is 5.76. The van der Waals surface area contributed by atoms with Crippen LogP contribution < -0.4 is 4.74 Å². The van der Waals surface area contributed by atoms with Crippen LogP contribution in [0.15, 0.2) is 53.0 Å². The molecule has 1 amide bonds. The summed E-state index contributed by atoms with van der Waals surface area (Å²) in [5.41, 5.74) is 1.69. The van der Waals surface area contributed by atoms with Crippen molar-refractivity contribution in [3.8, 4) is 5.75 Å². The maximum Gasteiger partial charge on any atom is 0.254 e. The molecule has 21 heavy (non-hydrogen) atoms. The fourth-order valence-corrected chi connectivity index (χ4v) is 2.31. The van der Waals surface area contributed by atoms with Gasteiger partial charge >= 0.3 is 0 Å². The van der Waals surface area contributed by atoms with E-state index in [2.05, 4.69) is 15.9 Å². The summed E-state index contributed by atoms with van der Waals surface area (Å²) in [6, 6.07) is 15.3. The summed E-state index contributed by atoms with van der Waals surface area (Å²) in [6.45, 7) is 2.95. The number of ether oxygens (including phenoxy) is 1. The molecule has 0 aliphatic rings. The smallest absolute Gasteiger partial charge is 0.254 e. The zero-order chi connectivity index (χ0) is 15.2. The van der Waals surface area contributed by atoms with Crippen LogP contribution in [0.3, 0.4) is 0 Å². The third-order valence-electron chi connectivity index (χ3n) is 3.22. The van der Waals surface area contributed by atoms with E-state index in [9.17, 15) is 4.79 Å². The molecule has 0 unspecified atom stereocenters. The summed E-state index contributed by atoms with van der Waals surface area (Å²) in [5.74, 6) is 0.822. The molecular weight excluding hydrogens is 330 g/mol. The summed E-state index contributed by atoms with van der Waals surface area (Å²) in [5, 5.41) is 0. The number of rotatable bonds is 5. The molecule has 0 bridgehead atoms. The number of nitrogens with zero attached hydrogens (tertiary/aromatic N) is 1. The number of carbonyl (C=O) groups is 1. The number of carbonyl (C=O) groups excluding carboxylic acids is 1. The molecule has 2 rings (SSSR count). The van der Waals surface area contributed by atoms with Gasteiger partial charge in [0.15, 0.2) is 0 Å². The summed E-state index contributed by atoms with van der Waals surface area (Å²) in [6.07, 6.45) is 0. The van der Waals surface area contributed by atoms with E-state index in [1.165, 1.54) is 0 Å². The maximum atomic E-state index is 12.4. The highest BCUT2D eigenvalue weighted by Crippen LogP contribution is 2.17. The second-order valence-electron chi connectivity index (χ2n) is 4.85. The van der Waals surface area contributed by atoms with Crippen LogP contribution in [0.4, 0.5) is 0 Å². The first-order valence-corrected chi connectivity index (χ1v) is 7.56. The molecule has 4 heteroatoms. The number of halogens is 1. The number of amides is 1. The highest BCUT2D eigenvalue weighted by Gasteiger charge is 2.14. The van der Waals surface area contributed by atoms with Crippen LogP contribution in [0.1, 0.15) is 15.9 Å². The Morgan fingerprint density at radius 1 is 1.19 bits per heavy atom. The molecule has 0 aliphatic carbocycles. The summed E-state index contributed by atoms with van der Waals surface area (Å²) in [4.78, 5) is 14.1. The van der Waals surface area contributed by atoms with Crippen molar-refractivity contribution in [1.29, 1.82) is 0 Å². The zero-order valence-electron chi connectivity index (χ0n) is 12.2. The lowest BCUT2D eigenvalue weighted by Crippen LogP contribution is -2.31. The minimum absolute atomic E-state index is 0.00506. The Labute approximate surface area is 133 Å². The first kappa shape index (κ1) is 15.6. The second kappa shape index (κ2) is 7.27. The maximum absolute atomic E-state index is 12.4. The van der Waals surface area contributed by atoms with Crippen LogP contribution in [0.2, 0.25) is 0 Å². The van der Waals surface area contributed by atoms with Gasteiger partial charge in [0.05, 0.1) is 6.54 Å². The molecule has 0 saturated heterocycles. The van der Waals surface area contributed by atoms with E-state index in [-0.39, 0.29) is 5.91 Å². The van der Waals surface area contributed by atoms with E-state index < -0.39 is 0 Å². The molecular formula is C17H18BrNO2. The fourth-order valence-electron chi connectivity index (χ4n) is 1.95. The Balaban J connectivity index is 1.92. The SMILES string of the molecule is Cc1ccc(Br)cc1C(=O)N(C)CCOc1ccccc1. The highest BCUT2D eigenvalue weighted by molar-refractivity contribution is 9.10. The van der Waals surface area contributed by atoms with Gasteiger partial charge < -0.3 is 9.64 Å². The Kier molecular flexibility index (Phi) is 5.39. The molecule has 0 spiro atoms. The van der Waals surface area contributed by atoms with Gasteiger partial charge in [-0.3, -0.25) is 4.79 Å². The normalized spacial score (nSPS) is 10.2. The minimum Gasteiger partial charge on any atom is -0.492 e. The van der Waals surface area contributed by atoms with Crippen LogP contribution in [-0.2, 0) is 0 Å². The van der Waals surface area contributed by atoms with Crippen molar-refractivity contribution in [3.05, 3.63) is 64.1 Å². The highest BCUT2D eigenvalue weighted by atomic mass is 79.9. The molecule has 0 fully saturated rings. The molecule has 0 aliphatic heterocycles. The molecule has 0 atom stereocenters. The van der Waals surface area contributed by atoms with Crippen molar-refractivity contribution >= 4 is 21.8 Å². The van der Waals surface area contributed by atoms with Crippen molar-refractivity contribution in [1.82, 2.24) is 4.90 Å². The molecule has 0 radical (unpaired) electrons. The van der Waals surface area contributed by atoms with Gasteiger partial charge in [-0.1, -0.05) is 40.2 Å². The Morgan fingerprint density at radius 2 is 1.90 bits per heavy atom. The third-order valence-corrected chi connectivity index (χ3v) is 3.71. The minimum atomic E-state index is 0.00506. The van der Waals surface area contributed by atoms with Crippen LogP contribution >= 0.6 is 15.9 Å². The van der Waals surface area contributed by atoms with E-state index >= 15 is 0 Å². The fraction of sp³-hybridized carbons (Fsp3) is 0.235. The lowest BCUT2D eigenvalue weighted by atomic mass is 10.1. The van der Waals surface area contributed by atoms with Crippen molar-refractivity contribution in [3.63, 3.8) is 0 Å². The number of para-hydroxylation sites is 1. The molecule has 2 aromatic carbocycles. The molecule has 0 saturated carbocycles. The molecule has 110 valence electrons. The van der Waals surface area contributed by atoms with Gasteiger partial charge in [-0.15, -0.1) is 0 Å². The van der Waals surface area contributed by atoms with E-state index in [0.29, 0.717) is 18.7 Å². The quantitative estimate of drug-likeness (QED) is 0.820. The largest absolute Gasteiger partial charge is 0.492 e. The van der Waals surface area contributed by atoms with Gasteiger partial charge in [0.25, 0.3) is 5.91 Å². The van der Waals surface area contributed by atoms with Crippen LogP contribution in [-0.4, -0.2) is 31.0 Å². The molecule has 0 aromatic heterocycles. The number of benzene rings is 2.